The largest absolute Gasteiger partial charge is 0.461 e. The number of hydrogen-bond acceptors (Lipinski definition) is 5. The lowest BCUT2D eigenvalue weighted by atomic mass is 10.2. The summed E-state index contributed by atoms with van der Waals surface area (Å²) in [5.74, 6) is -0.906. The third-order valence-corrected chi connectivity index (χ3v) is 2.95. The summed E-state index contributed by atoms with van der Waals surface area (Å²) in [6, 6.07) is 8.68. The van der Waals surface area contributed by atoms with Crippen molar-refractivity contribution in [2.75, 3.05) is 6.61 Å². The molecule has 0 radical (unpaired) electrons. The van der Waals surface area contributed by atoms with Gasteiger partial charge in [0.05, 0.1) is 12.5 Å². The third kappa shape index (κ3) is 3.34. The Hall–Kier alpha value is -2.37. The Morgan fingerprint density at radius 3 is 2.70 bits per heavy atom. The lowest BCUT2D eigenvalue weighted by Gasteiger charge is -2.16. The monoisotopic (exact) mass is 277 g/mol. The average molecular weight is 277 g/mol. The van der Waals surface area contributed by atoms with Crippen molar-refractivity contribution in [2.45, 2.75) is 26.0 Å². The molecule has 6 heteroatoms. The summed E-state index contributed by atoms with van der Waals surface area (Å²) in [6.07, 6.45) is -0.767. The molecule has 1 aliphatic rings. The van der Waals surface area contributed by atoms with Gasteiger partial charge in [-0.3, -0.25) is 9.59 Å². The van der Waals surface area contributed by atoms with Crippen molar-refractivity contribution in [2.24, 2.45) is 0 Å². The van der Waals surface area contributed by atoms with Gasteiger partial charge in [0.1, 0.15) is 13.2 Å². The van der Waals surface area contributed by atoms with Crippen LogP contribution in [-0.2, 0) is 25.7 Å². The van der Waals surface area contributed by atoms with Gasteiger partial charge in [-0.25, -0.2) is 9.69 Å². The van der Waals surface area contributed by atoms with E-state index >= 15 is 0 Å². The highest BCUT2D eigenvalue weighted by Gasteiger charge is 2.37. The molecule has 1 aliphatic heterocycles. The van der Waals surface area contributed by atoms with Gasteiger partial charge in [-0.05, 0) is 5.56 Å². The van der Waals surface area contributed by atoms with Crippen LogP contribution in [0.25, 0.3) is 0 Å². The molecule has 6 nitrogen and oxygen atoms in total. The van der Waals surface area contributed by atoms with Gasteiger partial charge in [-0.2, -0.15) is 0 Å². The summed E-state index contributed by atoms with van der Waals surface area (Å²) in [4.78, 5) is 35.3. The van der Waals surface area contributed by atoms with Crippen LogP contribution in [-0.4, -0.2) is 35.5 Å². The van der Waals surface area contributed by atoms with E-state index in [9.17, 15) is 14.4 Å². The molecule has 0 N–H and O–H groups in total. The van der Waals surface area contributed by atoms with Crippen molar-refractivity contribution in [3.8, 4) is 0 Å². The number of nitrogens with zero attached hydrogens (tertiary/aromatic N) is 1. The van der Waals surface area contributed by atoms with E-state index in [1.807, 2.05) is 30.3 Å². The van der Waals surface area contributed by atoms with Crippen LogP contribution < -0.4 is 0 Å². The number of imide groups is 1. The topological polar surface area (TPSA) is 72.9 Å². The van der Waals surface area contributed by atoms with Crippen LogP contribution in [0.15, 0.2) is 30.3 Å². The lowest BCUT2D eigenvalue weighted by Crippen LogP contribution is -2.38. The van der Waals surface area contributed by atoms with Gasteiger partial charge in [0.15, 0.2) is 0 Å². The van der Waals surface area contributed by atoms with E-state index in [-0.39, 0.29) is 19.6 Å². The molecular weight excluding hydrogens is 262 g/mol. The Kier molecular flexibility index (Phi) is 4.34. The Morgan fingerprint density at radius 1 is 1.35 bits per heavy atom. The molecular formula is C14H15NO5. The number of esters is 1. The number of rotatable bonds is 4. The smallest absolute Gasteiger partial charge is 0.416 e. The minimum Gasteiger partial charge on any atom is -0.461 e. The Balaban J connectivity index is 1.85. The standard InChI is InChI=1S/C14H15NO5/c1-10(16)15-12(9-20-14(15)18)7-13(17)19-8-11-5-3-2-4-6-11/h2-6,12H,7-9H2,1H3/t12-/m0/s1. The molecule has 1 fully saturated rings. The molecule has 0 aliphatic carbocycles. The molecule has 106 valence electrons. The summed E-state index contributed by atoms with van der Waals surface area (Å²) < 4.78 is 9.87. The van der Waals surface area contributed by atoms with Crippen LogP contribution in [0.1, 0.15) is 18.9 Å². The Bertz CT molecular complexity index is 514. The van der Waals surface area contributed by atoms with E-state index in [0.29, 0.717) is 0 Å². The van der Waals surface area contributed by atoms with Crippen molar-refractivity contribution >= 4 is 18.0 Å². The molecule has 2 amide bonds. The summed E-state index contributed by atoms with van der Waals surface area (Å²) in [6.45, 7) is 1.45. The third-order valence-electron chi connectivity index (χ3n) is 2.95. The van der Waals surface area contributed by atoms with Crippen molar-refractivity contribution in [1.82, 2.24) is 4.90 Å². The van der Waals surface area contributed by atoms with E-state index < -0.39 is 24.0 Å². The highest BCUT2D eigenvalue weighted by atomic mass is 16.6. The molecule has 0 spiro atoms. The highest BCUT2D eigenvalue weighted by molar-refractivity contribution is 5.92. The quantitative estimate of drug-likeness (QED) is 0.779. The van der Waals surface area contributed by atoms with Crippen LogP contribution in [0, 0.1) is 0 Å². The molecule has 1 saturated heterocycles. The number of carbonyl (C=O) groups is 3. The molecule has 1 aromatic rings. The Labute approximate surface area is 116 Å². The fourth-order valence-corrected chi connectivity index (χ4v) is 1.99. The van der Waals surface area contributed by atoms with Gasteiger partial charge in [-0.1, -0.05) is 30.3 Å². The zero-order valence-electron chi connectivity index (χ0n) is 11.1. The molecule has 0 saturated carbocycles. The van der Waals surface area contributed by atoms with Crippen molar-refractivity contribution in [3.63, 3.8) is 0 Å². The van der Waals surface area contributed by atoms with Gasteiger partial charge in [0.2, 0.25) is 5.91 Å². The van der Waals surface area contributed by atoms with E-state index in [1.54, 1.807) is 0 Å². The fourth-order valence-electron chi connectivity index (χ4n) is 1.99. The zero-order valence-corrected chi connectivity index (χ0v) is 11.1. The minimum absolute atomic E-state index is 0.0266. The predicted octanol–water partition coefficient (Wildman–Crippen LogP) is 1.49. The van der Waals surface area contributed by atoms with Crippen LogP contribution >= 0.6 is 0 Å². The summed E-state index contributed by atoms with van der Waals surface area (Å²) in [5, 5.41) is 0. The first-order valence-electron chi connectivity index (χ1n) is 6.24. The molecule has 1 atom stereocenters. The van der Waals surface area contributed by atoms with E-state index in [2.05, 4.69) is 0 Å². The maximum Gasteiger partial charge on any atom is 0.416 e. The van der Waals surface area contributed by atoms with Crippen molar-refractivity contribution in [1.29, 1.82) is 0 Å². The molecule has 1 aromatic carbocycles. The van der Waals surface area contributed by atoms with E-state index in [4.69, 9.17) is 9.47 Å². The number of cyclic esters (lactones) is 1. The summed E-state index contributed by atoms with van der Waals surface area (Å²) in [7, 11) is 0. The molecule has 20 heavy (non-hydrogen) atoms. The van der Waals surface area contributed by atoms with E-state index in [0.717, 1.165) is 10.5 Å². The van der Waals surface area contributed by atoms with Crippen LogP contribution in [0.5, 0.6) is 0 Å². The number of amides is 2. The van der Waals surface area contributed by atoms with E-state index in [1.165, 1.54) is 6.92 Å². The summed E-state index contributed by atoms with van der Waals surface area (Å²) in [5.41, 5.74) is 0.878. The van der Waals surface area contributed by atoms with Crippen LogP contribution in [0.4, 0.5) is 4.79 Å². The van der Waals surface area contributed by atoms with Gasteiger partial charge in [0, 0.05) is 6.92 Å². The Morgan fingerprint density at radius 2 is 2.05 bits per heavy atom. The number of hydrogen-bond donors (Lipinski definition) is 0. The average Bonchev–Trinajstić information content (AvgIpc) is 2.78. The van der Waals surface area contributed by atoms with Gasteiger partial charge in [-0.15, -0.1) is 0 Å². The first-order valence-corrected chi connectivity index (χ1v) is 6.24. The van der Waals surface area contributed by atoms with Gasteiger partial charge in [0.25, 0.3) is 0 Å². The normalized spacial score (nSPS) is 17.8. The number of ether oxygens (including phenoxy) is 2. The van der Waals surface area contributed by atoms with Gasteiger partial charge >= 0.3 is 12.1 Å². The molecule has 0 bridgehead atoms. The second-order valence-electron chi connectivity index (χ2n) is 4.47. The minimum atomic E-state index is -0.710. The maximum atomic E-state index is 11.7. The molecule has 1 heterocycles. The highest BCUT2D eigenvalue weighted by Crippen LogP contribution is 2.16. The van der Waals surface area contributed by atoms with Crippen molar-refractivity contribution in [3.05, 3.63) is 35.9 Å². The van der Waals surface area contributed by atoms with Gasteiger partial charge < -0.3 is 9.47 Å². The van der Waals surface area contributed by atoms with Crippen LogP contribution in [0.2, 0.25) is 0 Å². The first kappa shape index (κ1) is 14.0. The molecule has 0 aromatic heterocycles. The number of benzene rings is 1. The number of carbonyl (C=O) groups excluding carboxylic acids is 3. The second kappa shape index (κ2) is 6.18. The summed E-state index contributed by atoms with van der Waals surface area (Å²) >= 11 is 0. The first-order chi connectivity index (χ1) is 9.58. The fraction of sp³-hybridized carbons (Fsp3) is 0.357. The van der Waals surface area contributed by atoms with Crippen LogP contribution in [0.3, 0.4) is 0 Å². The molecule has 2 rings (SSSR count). The van der Waals surface area contributed by atoms with Crippen molar-refractivity contribution < 1.29 is 23.9 Å². The maximum absolute atomic E-state index is 11.7. The SMILES string of the molecule is CC(=O)N1C(=O)OC[C@@H]1CC(=O)OCc1ccccc1. The zero-order chi connectivity index (χ0) is 14.5. The molecule has 0 unspecified atom stereocenters. The lowest BCUT2D eigenvalue weighted by molar-refractivity contribution is -0.146. The second-order valence-corrected chi connectivity index (χ2v) is 4.47. The predicted molar refractivity (Wildman–Crippen MR) is 68.5 cm³/mol.